The van der Waals surface area contributed by atoms with Gasteiger partial charge in [0.2, 0.25) is 11.8 Å². The van der Waals surface area contributed by atoms with E-state index < -0.39 is 16.5 Å². The van der Waals surface area contributed by atoms with Gasteiger partial charge in [0.25, 0.3) is 5.91 Å². The minimum absolute atomic E-state index is 0.0308. The molecule has 0 saturated heterocycles. The van der Waals surface area contributed by atoms with E-state index in [0.717, 1.165) is 10.9 Å². The van der Waals surface area contributed by atoms with Crippen LogP contribution in [0.4, 0.5) is 11.6 Å². The Balaban J connectivity index is 2.57. The van der Waals surface area contributed by atoms with E-state index in [1.807, 2.05) is 0 Å². The molecule has 5 N–H and O–H groups in total. The first kappa shape index (κ1) is 12.4. The van der Waals surface area contributed by atoms with Crippen LogP contribution in [0.1, 0.15) is 10.4 Å². The molecule has 0 bridgehead atoms. The summed E-state index contributed by atoms with van der Waals surface area (Å²) >= 11 is 0. The van der Waals surface area contributed by atoms with Crippen molar-refractivity contribution in [3.63, 3.8) is 0 Å². The van der Waals surface area contributed by atoms with E-state index in [9.17, 15) is 14.9 Å². The number of hydrogen-bond donors (Lipinski definition) is 3. The third-order valence-corrected chi connectivity index (χ3v) is 2.16. The quantitative estimate of drug-likeness (QED) is 0.357. The molecule has 0 radical (unpaired) electrons. The molecular formula is C8H8N8O3. The summed E-state index contributed by atoms with van der Waals surface area (Å²) in [6.45, 7) is 0. The molecule has 1 amide bonds. The highest BCUT2D eigenvalue weighted by Gasteiger charge is 2.20. The number of nitrogens with two attached hydrogens (primary N) is 2. The van der Waals surface area contributed by atoms with Gasteiger partial charge in [0.05, 0.1) is 16.7 Å². The molecule has 11 heteroatoms. The second-order valence-corrected chi connectivity index (χ2v) is 3.34. The number of nitro groups is 1. The number of rotatable bonds is 4. The number of hydrazine groups is 1. The Morgan fingerprint density at radius 1 is 1.47 bits per heavy atom. The molecule has 2 aromatic rings. The number of carbonyl (C=O) groups is 1. The lowest BCUT2D eigenvalue weighted by molar-refractivity contribution is -0.385. The third kappa shape index (κ3) is 2.30. The molecule has 98 valence electrons. The number of aromatic nitrogens is 4. The van der Waals surface area contributed by atoms with E-state index in [4.69, 9.17) is 11.6 Å². The van der Waals surface area contributed by atoms with E-state index in [1.165, 1.54) is 12.4 Å². The molecule has 0 saturated carbocycles. The van der Waals surface area contributed by atoms with Crippen molar-refractivity contribution in [3.8, 4) is 5.82 Å². The Hall–Kier alpha value is -3.08. The molecule has 0 atom stereocenters. The van der Waals surface area contributed by atoms with Crippen molar-refractivity contribution in [2.24, 2.45) is 11.6 Å². The second kappa shape index (κ2) is 4.66. The number of primary amides is 1. The molecule has 2 aromatic heterocycles. The molecule has 2 heterocycles. The van der Waals surface area contributed by atoms with Crippen LogP contribution in [0.15, 0.2) is 18.6 Å². The molecule has 0 aliphatic rings. The summed E-state index contributed by atoms with van der Waals surface area (Å²) in [6.07, 6.45) is 3.37. The maximum Gasteiger partial charge on any atom is 0.332 e. The van der Waals surface area contributed by atoms with Crippen LogP contribution in [0.2, 0.25) is 0 Å². The number of hydrogen-bond acceptors (Lipinski definition) is 8. The highest BCUT2D eigenvalue weighted by molar-refractivity contribution is 5.92. The zero-order chi connectivity index (χ0) is 14.0. The van der Waals surface area contributed by atoms with Gasteiger partial charge >= 0.3 is 5.69 Å². The zero-order valence-electron chi connectivity index (χ0n) is 9.35. The Bertz CT molecular complexity index is 651. The van der Waals surface area contributed by atoms with Crippen LogP contribution in [0, 0.1) is 10.1 Å². The summed E-state index contributed by atoms with van der Waals surface area (Å²) < 4.78 is 1.04. The smallest absolute Gasteiger partial charge is 0.332 e. The SMILES string of the molecule is NNc1ncc([N+](=O)[O-])c(-n2cc(C(N)=O)cn2)n1. The minimum atomic E-state index is -0.708. The summed E-state index contributed by atoms with van der Waals surface area (Å²) in [5, 5.41) is 14.7. The standard InChI is InChI=1S/C8H8N8O3/c9-6(17)4-1-12-15(3-4)7-5(16(18)19)2-11-8(13-7)14-10/h1-3H,10H2,(H2,9,17)(H,11,13,14). The summed E-state index contributed by atoms with van der Waals surface area (Å²) in [5.41, 5.74) is 6.93. The zero-order valence-corrected chi connectivity index (χ0v) is 9.35. The lowest BCUT2D eigenvalue weighted by atomic mass is 10.3. The number of nitrogens with zero attached hydrogens (tertiary/aromatic N) is 5. The molecule has 0 aromatic carbocycles. The second-order valence-electron chi connectivity index (χ2n) is 3.34. The Labute approximate surface area is 105 Å². The van der Waals surface area contributed by atoms with Gasteiger partial charge in [-0.1, -0.05) is 0 Å². The molecule has 19 heavy (non-hydrogen) atoms. The van der Waals surface area contributed by atoms with Crippen molar-refractivity contribution in [2.45, 2.75) is 0 Å². The van der Waals surface area contributed by atoms with Crippen LogP contribution in [0.5, 0.6) is 0 Å². The number of amides is 1. The average molecular weight is 264 g/mol. The number of nitrogen functional groups attached to an aromatic ring is 1. The number of nitrogens with one attached hydrogen (secondary N) is 1. The summed E-state index contributed by atoms with van der Waals surface area (Å²) in [6, 6.07) is 0. The van der Waals surface area contributed by atoms with Crippen molar-refractivity contribution in [3.05, 3.63) is 34.3 Å². The van der Waals surface area contributed by atoms with E-state index in [0.29, 0.717) is 0 Å². The fourth-order valence-electron chi connectivity index (χ4n) is 1.30. The Morgan fingerprint density at radius 3 is 2.74 bits per heavy atom. The highest BCUT2D eigenvalue weighted by atomic mass is 16.6. The van der Waals surface area contributed by atoms with Gasteiger partial charge in [-0.15, -0.1) is 0 Å². The summed E-state index contributed by atoms with van der Waals surface area (Å²) in [5.74, 6) is 4.25. The predicted octanol–water partition coefficient (Wildman–Crippen LogP) is -1.05. The molecule has 0 fully saturated rings. The first-order valence-corrected chi connectivity index (χ1v) is 4.86. The van der Waals surface area contributed by atoms with Crippen molar-refractivity contribution < 1.29 is 9.72 Å². The lowest BCUT2D eigenvalue weighted by Crippen LogP contribution is -2.13. The van der Waals surface area contributed by atoms with Crippen LogP contribution in [-0.4, -0.2) is 30.6 Å². The Morgan fingerprint density at radius 2 is 2.21 bits per heavy atom. The first-order chi connectivity index (χ1) is 9.02. The van der Waals surface area contributed by atoms with Gasteiger partial charge in [-0.3, -0.25) is 20.3 Å². The highest BCUT2D eigenvalue weighted by Crippen LogP contribution is 2.20. The van der Waals surface area contributed by atoms with Crippen molar-refractivity contribution in [1.82, 2.24) is 19.7 Å². The van der Waals surface area contributed by atoms with E-state index in [-0.39, 0.29) is 17.3 Å². The van der Waals surface area contributed by atoms with Gasteiger partial charge in [0.15, 0.2) is 0 Å². The largest absolute Gasteiger partial charge is 0.366 e. The van der Waals surface area contributed by atoms with Crippen LogP contribution in [0.25, 0.3) is 5.82 Å². The predicted molar refractivity (Wildman–Crippen MR) is 62.1 cm³/mol. The van der Waals surface area contributed by atoms with Crippen molar-refractivity contribution in [2.75, 3.05) is 5.43 Å². The summed E-state index contributed by atoms with van der Waals surface area (Å²) in [4.78, 5) is 28.6. The van der Waals surface area contributed by atoms with Gasteiger partial charge in [-0.25, -0.2) is 15.5 Å². The van der Waals surface area contributed by atoms with Gasteiger partial charge in [0, 0.05) is 6.20 Å². The van der Waals surface area contributed by atoms with Crippen LogP contribution < -0.4 is 17.0 Å². The molecule has 0 aliphatic heterocycles. The van der Waals surface area contributed by atoms with Crippen LogP contribution in [0.3, 0.4) is 0 Å². The number of anilines is 1. The van der Waals surface area contributed by atoms with Gasteiger partial charge < -0.3 is 5.73 Å². The third-order valence-electron chi connectivity index (χ3n) is 2.16. The van der Waals surface area contributed by atoms with Crippen LogP contribution in [-0.2, 0) is 0 Å². The van der Waals surface area contributed by atoms with E-state index in [2.05, 4.69) is 20.5 Å². The minimum Gasteiger partial charge on any atom is -0.366 e. The molecule has 0 spiro atoms. The maximum atomic E-state index is 11.0. The van der Waals surface area contributed by atoms with Crippen molar-refractivity contribution >= 4 is 17.5 Å². The Kier molecular flexibility index (Phi) is 3.03. The van der Waals surface area contributed by atoms with Crippen LogP contribution >= 0.6 is 0 Å². The molecule has 0 aliphatic carbocycles. The molecule has 11 nitrogen and oxygen atoms in total. The van der Waals surface area contributed by atoms with Gasteiger partial charge in [-0.05, 0) is 0 Å². The average Bonchev–Trinajstić information content (AvgIpc) is 2.87. The topological polar surface area (TPSA) is 168 Å². The first-order valence-electron chi connectivity index (χ1n) is 4.86. The van der Waals surface area contributed by atoms with E-state index >= 15 is 0 Å². The maximum absolute atomic E-state index is 11.0. The fourth-order valence-corrected chi connectivity index (χ4v) is 1.30. The number of carbonyl (C=O) groups excluding carboxylic acids is 1. The molecule has 2 rings (SSSR count). The summed E-state index contributed by atoms with van der Waals surface area (Å²) in [7, 11) is 0. The molecular weight excluding hydrogens is 256 g/mol. The van der Waals surface area contributed by atoms with Gasteiger partial charge in [-0.2, -0.15) is 10.1 Å². The lowest BCUT2D eigenvalue weighted by Gasteiger charge is -2.03. The van der Waals surface area contributed by atoms with Gasteiger partial charge in [0.1, 0.15) is 6.20 Å². The molecule has 0 unspecified atom stereocenters. The normalized spacial score (nSPS) is 10.2. The van der Waals surface area contributed by atoms with E-state index in [1.54, 1.807) is 0 Å². The fraction of sp³-hybridized carbons (Fsp3) is 0. The van der Waals surface area contributed by atoms with Crippen molar-refractivity contribution in [1.29, 1.82) is 0 Å². The monoisotopic (exact) mass is 264 g/mol.